The number of ether oxygens (including phenoxy) is 3. The minimum Gasteiger partial charge on any atom is -0.496 e. The smallest absolute Gasteiger partial charge is 0.332 e. The number of carbonyl (C=O) groups excluding carboxylic acids is 3. The summed E-state index contributed by atoms with van der Waals surface area (Å²) >= 11 is 0. The molecule has 6 rings (SSSR count). The number of fused-ring (bicyclic) bond motifs is 3. The average molecular weight is 659 g/mol. The van der Waals surface area contributed by atoms with Crippen LogP contribution < -0.4 is 14.8 Å². The number of hydrogen-bond acceptors (Lipinski definition) is 9. The average Bonchev–Trinajstić information content (AvgIpc) is 3.37. The summed E-state index contributed by atoms with van der Waals surface area (Å²) in [5.74, 6) is -0.735. The second kappa shape index (κ2) is 13.6. The number of esters is 1. The lowest BCUT2D eigenvalue weighted by molar-refractivity contribution is -0.150. The Morgan fingerprint density at radius 2 is 1.92 bits per heavy atom. The largest absolute Gasteiger partial charge is 0.496 e. The molecule has 1 N–H and O–H groups in total. The molecule has 0 radical (unpaired) electrons. The van der Waals surface area contributed by atoms with Crippen LogP contribution in [0.15, 0.2) is 36.5 Å². The molecule has 0 bridgehead atoms. The normalized spacial score (nSPS) is 26.8. The van der Waals surface area contributed by atoms with Crippen LogP contribution in [-0.2, 0) is 19.1 Å². The maximum Gasteiger partial charge on any atom is 0.332 e. The van der Waals surface area contributed by atoms with Crippen LogP contribution in [0.2, 0.25) is 0 Å². The highest BCUT2D eigenvalue weighted by Crippen LogP contribution is 2.47. The first kappa shape index (κ1) is 33.4. The topological polar surface area (TPSA) is 138 Å². The Bertz CT molecular complexity index is 1730. The van der Waals surface area contributed by atoms with Crippen molar-refractivity contribution in [2.45, 2.75) is 83.8 Å². The van der Waals surface area contributed by atoms with Gasteiger partial charge in [-0.05, 0) is 76.5 Å². The van der Waals surface area contributed by atoms with Gasteiger partial charge in [-0.1, -0.05) is 26.0 Å². The number of hydrogen-bond donors (Lipinski definition) is 1. The van der Waals surface area contributed by atoms with Crippen LogP contribution in [0.4, 0.5) is 0 Å². The summed E-state index contributed by atoms with van der Waals surface area (Å²) in [6, 6.07) is 5.66. The number of aromatic nitrogens is 4. The molecule has 3 aromatic rings. The van der Waals surface area contributed by atoms with Gasteiger partial charge in [-0.3, -0.25) is 9.59 Å². The molecule has 48 heavy (non-hydrogen) atoms. The summed E-state index contributed by atoms with van der Waals surface area (Å²) < 4.78 is 19.3. The summed E-state index contributed by atoms with van der Waals surface area (Å²) in [6.45, 7) is 8.65. The van der Waals surface area contributed by atoms with Crippen LogP contribution >= 0.6 is 0 Å². The number of amides is 2. The van der Waals surface area contributed by atoms with Crippen LogP contribution in [0.25, 0.3) is 16.9 Å². The molecule has 1 aromatic carbocycles. The van der Waals surface area contributed by atoms with Gasteiger partial charge in [0.25, 0.3) is 5.95 Å². The van der Waals surface area contributed by atoms with Gasteiger partial charge in [0.05, 0.1) is 42.1 Å². The minimum absolute atomic E-state index is 0.0991. The van der Waals surface area contributed by atoms with E-state index in [-0.39, 0.29) is 36.7 Å². The summed E-state index contributed by atoms with van der Waals surface area (Å²) in [4.78, 5) is 52.5. The molecule has 0 saturated heterocycles. The van der Waals surface area contributed by atoms with Crippen molar-refractivity contribution in [1.29, 1.82) is 0 Å². The third-order valence-electron chi connectivity index (χ3n) is 9.96. The first-order chi connectivity index (χ1) is 23.1. The van der Waals surface area contributed by atoms with Crippen molar-refractivity contribution < 1.29 is 28.6 Å². The number of aryl methyl sites for hydroxylation is 1. The molecule has 5 atom stereocenters. The van der Waals surface area contributed by atoms with Crippen LogP contribution in [0.3, 0.4) is 0 Å². The van der Waals surface area contributed by atoms with Crippen molar-refractivity contribution in [3.05, 3.63) is 47.8 Å². The molecule has 1 aliphatic heterocycles. The van der Waals surface area contributed by atoms with E-state index in [1.54, 1.807) is 30.7 Å². The molecule has 12 nitrogen and oxygen atoms in total. The van der Waals surface area contributed by atoms with Crippen molar-refractivity contribution in [2.75, 3.05) is 27.3 Å². The maximum atomic E-state index is 14.1. The fourth-order valence-electron chi connectivity index (χ4n) is 7.04. The highest BCUT2D eigenvalue weighted by molar-refractivity contribution is 5.95. The predicted octanol–water partition coefficient (Wildman–Crippen LogP) is 4.67. The third-order valence-corrected chi connectivity index (χ3v) is 9.96. The van der Waals surface area contributed by atoms with Gasteiger partial charge in [-0.2, -0.15) is 10.1 Å². The van der Waals surface area contributed by atoms with Crippen LogP contribution in [-0.4, -0.2) is 81.4 Å². The highest BCUT2D eigenvalue weighted by Gasteiger charge is 2.62. The molecular formula is C36H46N6O6. The number of rotatable bonds is 7. The number of allylic oxidation sites excluding steroid dienone is 1. The van der Waals surface area contributed by atoms with Gasteiger partial charge in [0.2, 0.25) is 17.7 Å². The van der Waals surface area contributed by atoms with E-state index in [9.17, 15) is 14.4 Å². The summed E-state index contributed by atoms with van der Waals surface area (Å²) in [7, 11) is 3.41. The summed E-state index contributed by atoms with van der Waals surface area (Å²) in [5.41, 5.74) is 1.28. The first-order valence-corrected chi connectivity index (χ1v) is 17.0. The zero-order valence-corrected chi connectivity index (χ0v) is 28.7. The van der Waals surface area contributed by atoms with Gasteiger partial charge in [-0.25, -0.2) is 14.5 Å². The second-order valence-corrected chi connectivity index (χ2v) is 13.6. The Labute approximate surface area is 281 Å². The first-order valence-electron chi connectivity index (χ1n) is 17.0. The zero-order valence-electron chi connectivity index (χ0n) is 28.7. The van der Waals surface area contributed by atoms with Crippen molar-refractivity contribution >= 4 is 28.7 Å². The predicted molar refractivity (Wildman–Crippen MR) is 179 cm³/mol. The van der Waals surface area contributed by atoms with E-state index in [4.69, 9.17) is 29.3 Å². The van der Waals surface area contributed by atoms with E-state index in [1.165, 1.54) is 0 Å². The lowest BCUT2D eigenvalue weighted by atomic mass is 9.93. The van der Waals surface area contributed by atoms with Crippen molar-refractivity contribution in [1.82, 2.24) is 30.0 Å². The van der Waals surface area contributed by atoms with Gasteiger partial charge in [0.1, 0.15) is 17.4 Å². The zero-order chi connectivity index (χ0) is 34.2. The van der Waals surface area contributed by atoms with Gasteiger partial charge >= 0.3 is 5.97 Å². The maximum absolute atomic E-state index is 14.1. The van der Waals surface area contributed by atoms with Gasteiger partial charge in [0.15, 0.2) is 0 Å². The van der Waals surface area contributed by atoms with Crippen molar-refractivity contribution in [2.24, 2.45) is 17.8 Å². The van der Waals surface area contributed by atoms with Gasteiger partial charge in [-0.15, -0.1) is 0 Å². The number of methoxy groups -OCH3 is 1. The minimum atomic E-state index is -1.11. The Morgan fingerprint density at radius 1 is 1.12 bits per heavy atom. The fourth-order valence-corrected chi connectivity index (χ4v) is 7.04. The molecule has 256 valence electrons. The molecular weight excluding hydrogens is 612 g/mol. The van der Waals surface area contributed by atoms with Gasteiger partial charge in [0, 0.05) is 31.3 Å². The summed E-state index contributed by atoms with van der Waals surface area (Å²) in [5, 5.41) is 8.43. The third kappa shape index (κ3) is 6.36. The molecule has 2 aliphatic carbocycles. The molecule has 2 fully saturated rings. The lowest BCUT2D eigenvalue weighted by Gasteiger charge is -2.26. The molecule has 2 amide bonds. The number of benzene rings is 1. The van der Waals surface area contributed by atoms with E-state index < -0.39 is 29.4 Å². The molecule has 3 heterocycles. The molecule has 12 heteroatoms. The Kier molecular flexibility index (Phi) is 9.44. The monoisotopic (exact) mass is 658 g/mol. The van der Waals surface area contributed by atoms with Crippen molar-refractivity contribution in [3.8, 4) is 17.6 Å². The van der Waals surface area contributed by atoms with E-state index in [2.05, 4.69) is 25.2 Å². The Hall–Kier alpha value is -4.48. The number of carbonyl (C=O) groups is 3. The van der Waals surface area contributed by atoms with Crippen molar-refractivity contribution in [3.63, 3.8) is 0 Å². The fraction of sp³-hybridized carbons (Fsp3) is 0.556. The van der Waals surface area contributed by atoms with E-state index in [1.807, 2.05) is 37.4 Å². The second-order valence-electron chi connectivity index (χ2n) is 13.6. The van der Waals surface area contributed by atoms with Crippen LogP contribution in [0, 0.1) is 24.7 Å². The Balaban J connectivity index is 1.34. The molecule has 2 aromatic heterocycles. The lowest BCUT2D eigenvalue weighted by Crippen LogP contribution is -2.50. The number of nitrogens with one attached hydrogen (secondary N) is 1. The summed E-state index contributed by atoms with van der Waals surface area (Å²) in [6.07, 6.45) is 9.10. The highest BCUT2D eigenvalue weighted by atomic mass is 16.5. The molecule has 2 saturated carbocycles. The van der Waals surface area contributed by atoms with Gasteiger partial charge < -0.3 is 24.4 Å². The van der Waals surface area contributed by atoms with Crippen LogP contribution in [0.1, 0.15) is 76.5 Å². The molecule has 3 aliphatic rings. The quantitative estimate of drug-likeness (QED) is 0.284. The van der Waals surface area contributed by atoms with E-state index in [0.29, 0.717) is 47.9 Å². The van der Waals surface area contributed by atoms with E-state index >= 15 is 0 Å². The molecule has 5 unspecified atom stereocenters. The standard InChI is InChI=1S/C36H46N6O6/c1-7-47-34(45)36-20-23(36)12-10-8-9-11-16-41(5)33(44)27-19-24(18-26(27)31(43)39-36)48-32-25-13-14-29(46-6)22(4)30(25)37-35(38-32)42-17-15-28(40-42)21(2)3/h10,12-15,17,21,23-24,26-27H,7-9,11,16,18-20H2,1-6H3,(H,39,43)/b12-10+. The number of nitrogens with zero attached hydrogens (tertiary/aromatic N) is 5. The van der Waals surface area contributed by atoms with E-state index in [0.717, 1.165) is 30.5 Å². The Morgan fingerprint density at radius 3 is 2.65 bits per heavy atom. The SMILES string of the molecule is CCOC(=O)C12CC1/C=C/CCCCN(C)C(=O)C1CC(Oc3nc(-n4ccc(C(C)C)n4)nc4c(C)c(OC)ccc34)CC1C(=O)N2. The van der Waals surface area contributed by atoms with Crippen LogP contribution in [0.5, 0.6) is 11.6 Å². The molecule has 0 spiro atoms.